The van der Waals surface area contributed by atoms with Gasteiger partial charge in [-0.3, -0.25) is 4.99 Å². The first-order chi connectivity index (χ1) is 7.06. The number of carboxylic acids is 1. The van der Waals surface area contributed by atoms with Gasteiger partial charge in [0.25, 0.3) is 0 Å². The molecule has 0 heterocycles. The normalized spacial score (nSPS) is 17.7. The lowest BCUT2D eigenvalue weighted by Crippen LogP contribution is -2.07. The zero-order valence-corrected chi connectivity index (χ0v) is 8.86. The summed E-state index contributed by atoms with van der Waals surface area (Å²) in [4.78, 5) is 14.9. The fourth-order valence-corrected chi connectivity index (χ4v) is 1.34. The average Bonchev–Trinajstić information content (AvgIpc) is 2.96. The van der Waals surface area contributed by atoms with Crippen LogP contribution >= 0.6 is 0 Å². The molecule has 0 atom stereocenters. The summed E-state index contributed by atoms with van der Waals surface area (Å²) in [5, 5.41) is 9.02. The number of nitrogens with zero attached hydrogens (tertiary/aromatic N) is 1. The highest BCUT2D eigenvalue weighted by Crippen LogP contribution is 2.38. The van der Waals surface area contributed by atoms with E-state index in [1.165, 1.54) is 6.08 Å². The van der Waals surface area contributed by atoms with Crippen molar-refractivity contribution in [2.75, 3.05) is 6.67 Å². The predicted octanol–water partition coefficient (Wildman–Crippen LogP) is 1.34. The van der Waals surface area contributed by atoms with Gasteiger partial charge in [0, 0.05) is 5.71 Å². The van der Waals surface area contributed by atoms with Crippen LogP contribution in [-0.2, 0) is 4.79 Å². The number of allylic oxidation sites excluding steroid dienone is 1. The van der Waals surface area contributed by atoms with Gasteiger partial charge in [-0.1, -0.05) is 6.58 Å². The van der Waals surface area contributed by atoms with E-state index in [2.05, 4.69) is 11.6 Å². The summed E-state index contributed by atoms with van der Waals surface area (Å²) in [5.41, 5.74) is 6.82. The lowest BCUT2D eigenvalue weighted by Gasteiger charge is -2.04. The van der Waals surface area contributed by atoms with Crippen LogP contribution < -0.4 is 5.73 Å². The maximum absolute atomic E-state index is 11.0. The Hall–Kier alpha value is -1.42. The second-order valence-electron chi connectivity index (χ2n) is 3.64. The number of carbonyl (C=O) groups is 1. The van der Waals surface area contributed by atoms with E-state index in [-0.39, 0.29) is 12.2 Å². The van der Waals surface area contributed by atoms with Crippen molar-refractivity contribution >= 4 is 11.7 Å². The molecule has 1 aliphatic rings. The second-order valence-corrected chi connectivity index (χ2v) is 3.64. The molecule has 0 radical (unpaired) electrons. The molecule has 0 saturated heterocycles. The third-order valence-electron chi connectivity index (χ3n) is 2.34. The Balaban J connectivity index is 2.86. The number of hydrogen-bond acceptors (Lipinski definition) is 3. The van der Waals surface area contributed by atoms with Crippen LogP contribution in [0.1, 0.15) is 19.8 Å². The molecular weight excluding hydrogens is 192 g/mol. The highest BCUT2D eigenvalue weighted by atomic mass is 16.4. The second kappa shape index (κ2) is 4.89. The smallest absolute Gasteiger partial charge is 0.336 e. The Morgan fingerprint density at radius 1 is 1.67 bits per heavy atom. The summed E-state index contributed by atoms with van der Waals surface area (Å²) < 4.78 is 0. The third kappa shape index (κ3) is 3.32. The number of rotatable bonds is 5. The lowest BCUT2D eigenvalue weighted by atomic mass is 10.0. The van der Waals surface area contributed by atoms with Crippen molar-refractivity contribution in [3.63, 3.8) is 0 Å². The summed E-state index contributed by atoms with van der Waals surface area (Å²) in [5.74, 6) is -0.600. The minimum Gasteiger partial charge on any atom is -0.478 e. The van der Waals surface area contributed by atoms with Crippen molar-refractivity contribution < 1.29 is 9.90 Å². The van der Waals surface area contributed by atoms with Crippen LogP contribution in [0.2, 0.25) is 0 Å². The topological polar surface area (TPSA) is 75.7 Å². The molecule has 0 aromatic rings. The molecule has 1 rings (SSSR count). The van der Waals surface area contributed by atoms with Gasteiger partial charge >= 0.3 is 5.97 Å². The molecule has 0 bridgehead atoms. The first kappa shape index (κ1) is 11.7. The van der Waals surface area contributed by atoms with E-state index in [4.69, 9.17) is 10.8 Å². The average molecular weight is 208 g/mol. The number of aliphatic carboxylic acids is 1. The standard InChI is InChI=1S/C11H16N2O2/c1-7(13-6-12)5-10(11(14)15)8(2)9-3-4-9/h5,9H,2-4,6,12H2,1H3,(H,14,15)/b10-5?,13-7-. The van der Waals surface area contributed by atoms with E-state index in [1.54, 1.807) is 6.92 Å². The number of hydrogen-bond donors (Lipinski definition) is 2. The summed E-state index contributed by atoms with van der Waals surface area (Å²) in [6.07, 6.45) is 3.61. The molecule has 1 saturated carbocycles. The van der Waals surface area contributed by atoms with Gasteiger partial charge in [0.05, 0.1) is 12.2 Å². The maximum atomic E-state index is 11.0. The Morgan fingerprint density at radius 3 is 2.67 bits per heavy atom. The largest absolute Gasteiger partial charge is 0.478 e. The molecule has 15 heavy (non-hydrogen) atoms. The van der Waals surface area contributed by atoms with Crippen LogP contribution in [0.25, 0.3) is 0 Å². The van der Waals surface area contributed by atoms with E-state index in [0.717, 1.165) is 12.8 Å². The molecule has 0 aromatic heterocycles. The van der Waals surface area contributed by atoms with Gasteiger partial charge in [-0.15, -0.1) is 0 Å². The van der Waals surface area contributed by atoms with Crippen molar-refractivity contribution in [1.29, 1.82) is 0 Å². The van der Waals surface area contributed by atoms with Crippen molar-refractivity contribution in [2.45, 2.75) is 19.8 Å². The molecule has 0 aromatic carbocycles. The van der Waals surface area contributed by atoms with Crippen LogP contribution in [0, 0.1) is 5.92 Å². The Labute approximate surface area is 89.2 Å². The number of aliphatic imine (C=N–C) groups is 1. The first-order valence-electron chi connectivity index (χ1n) is 4.91. The molecule has 1 fully saturated rings. The van der Waals surface area contributed by atoms with Gasteiger partial charge in [-0.2, -0.15) is 0 Å². The quantitative estimate of drug-likeness (QED) is 0.406. The number of carboxylic acid groups (broad SMARTS) is 1. The zero-order chi connectivity index (χ0) is 11.4. The molecule has 1 aliphatic carbocycles. The monoisotopic (exact) mass is 208 g/mol. The summed E-state index contributed by atoms with van der Waals surface area (Å²) in [7, 11) is 0. The van der Waals surface area contributed by atoms with Gasteiger partial charge in [0.2, 0.25) is 0 Å². The van der Waals surface area contributed by atoms with Crippen LogP contribution in [-0.4, -0.2) is 23.5 Å². The maximum Gasteiger partial charge on any atom is 0.336 e. The van der Waals surface area contributed by atoms with E-state index < -0.39 is 5.97 Å². The van der Waals surface area contributed by atoms with Crippen LogP contribution in [0.4, 0.5) is 0 Å². The Kier molecular flexibility index (Phi) is 3.80. The highest BCUT2D eigenvalue weighted by molar-refractivity contribution is 6.03. The van der Waals surface area contributed by atoms with E-state index in [9.17, 15) is 4.79 Å². The van der Waals surface area contributed by atoms with Gasteiger partial charge in [0.1, 0.15) is 0 Å². The first-order valence-corrected chi connectivity index (χ1v) is 4.91. The fourth-order valence-electron chi connectivity index (χ4n) is 1.34. The fraction of sp³-hybridized carbons (Fsp3) is 0.455. The molecular formula is C11H16N2O2. The van der Waals surface area contributed by atoms with E-state index in [0.29, 0.717) is 17.2 Å². The summed E-state index contributed by atoms with van der Waals surface area (Å²) in [6, 6.07) is 0. The lowest BCUT2D eigenvalue weighted by molar-refractivity contribution is -0.132. The van der Waals surface area contributed by atoms with Crippen LogP contribution in [0.3, 0.4) is 0 Å². The molecule has 0 unspecified atom stereocenters. The molecule has 82 valence electrons. The molecule has 0 spiro atoms. The van der Waals surface area contributed by atoms with Crippen LogP contribution in [0.5, 0.6) is 0 Å². The van der Waals surface area contributed by atoms with Crippen molar-refractivity contribution in [2.24, 2.45) is 16.6 Å². The minimum absolute atomic E-state index is 0.172. The molecule has 3 N–H and O–H groups in total. The Morgan fingerprint density at radius 2 is 2.27 bits per heavy atom. The Bertz CT molecular complexity index is 338. The predicted molar refractivity (Wildman–Crippen MR) is 59.7 cm³/mol. The third-order valence-corrected chi connectivity index (χ3v) is 2.34. The van der Waals surface area contributed by atoms with Crippen LogP contribution in [0.15, 0.2) is 28.8 Å². The minimum atomic E-state index is -0.946. The highest BCUT2D eigenvalue weighted by Gasteiger charge is 2.29. The van der Waals surface area contributed by atoms with Gasteiger partial charge in [-0.25, -0.2) is 4.79 Å². The van der Waals surface area contributed by atoms with Crippen molar-refractivity contribution in [1.82, 2.24) is 0 Å². The summed E-state index contributed by atoms with van der Waals surface area (Å²) >= 11 is 0. The molecule has 4 nitrogen and oxygen atoms in total. The molecule has 0 amide bonds. The summed E-state index contributed by atoms with van der Waals surface area (Å²) in [6.45, 7) is 5.72. The van der Waals surface area contributed by atoms with E-state index >= 15 is 0 Å². The van der Waals surface area contributed by atoms with Crippen molar-refractivity contribution in [3.8, 4) is 0 Å². The van der Waals surface area contributed by atoms with E-state index in [1.807, 2.05) is 0 Å². The van der Waals surface area contributed by atoms with Gasteiger partial charge < -0.3 is 10.8 Å². The zero-order valence-electron chi connectivity index (χ0n) is 8.86. The van der Waals surface area contributed by atoms with Gasteiger partial charge in [0.15, 0.2) is 0 Å². The van der Waals surface area contributed by atoms with Crippen molar-refractivity contribution in [3.05, 3.63) is 23.8 Å². The number of nitrogens with two attached hydrogens (primary N) is 1. The molecule has 4 heteroatoms. The SMILES string of the molecule is C=C(C(=C/C(C)=N\CN)C(=O)O)C1CC1. The van der Waals surface area contributed by atoms with Gasteiger partial charge in [-0.05, 0) is 37.3 Å². The molecule has 0 aliphatic heterocycles.